The van der Waals surface area contributed by atoms with Gasteiger partial charge >= 0.3 is 0 Å². The van der Waals surface area contributed by atoms with E-state index in [0.29, 0.717) is 11.4 Å². The summed E-state index contributed by atoms with van der Waals surface area (Å²) < 4.78 is 16.6. The van der Waals surface area contributed by atoms with Gasteiger partial charge in [0.15, 0.2) is 5.82 Å². The fraction of sp³-hybridized carbons (Fsp3) is 0.632. The highest BCUT2D eigenvalue weighted by molar-refractivity contribution is 5.27. The monoisotopic (exact) mass is 360 g/mol. The lowest BCUT2D eigenvalue weighted by atomic mass is 9.98. The van der Waals surface area contributed by atoms with Crippen LogP contribution in [-0.2, 0) is 5.54 Å². The first kappa shape index (κ1) is 18.9. The van der Waals surface area contributed by atoms with Crippen LogP contribution in [0.3, 0.4) is 0 Å². The molecule has 1 fully saturated rings. The van der Waals surface area contributed by atoms with Crippen molar-refractivity contribution in [2.75, 3.05) is 32.7 Å². The van der Waals surface area contributed by atoms with Crippen molar-refractivity contribution in [2.24, 2.45) is 0 Å². The van der Waals surface area contributed by atoms with E-state index in [0.717, 1.165) is 39.1 Å². The van der Waals surface area contributed by atoms with Crippen LogP contribution in [0.25, 0.3) is 0 Å². The molecule has 1 aliphatic rings. The second-order valence-corrected chi connectivity index (χ2v) is 7.51. The normalized spacial score (nSPS) is 18.2. The molecule has 2 aromatic rings. The summed E-state index contributed by atoms with van der Waals surface area (Å²) in [6.45, 7) is 13.2. The molecule has 0 N–H and O–H groups in total. The average molecular weight is 360 g/mol. The molecule has 0 bridgehead atoms. The summed E-state index contributed by atoms with van der Waals surface area (Å²) in [5, 5.41) is 12.5. The zero-order valence-electron chi connectivity index (χ0n) is 16.2. The Morgan fingerprint density at radius 2 is 1.81 bits per heavy atom. The summed E-state index contributed by atoms with van der Waals surface area (Å²) in [7, 11) is 0. The quantitative estimate of drug-likeness (QED) is 0.793. The summed E-state index contributed by atoms with van der Waals surface area (Å²) >= 11 is 0. The summed E-state index contributed by atoms with van der Waals surface area (Å²) in [6.07, 6.45) is 0.888. The topological polar surface area (TPSA) is 50.1 Å². The Morgan fingerprint density at radius 1 is 1.12 bits per heavy atom. The standard InChI is InChI=1S/C19H29FN6/c1-5-19(3,4)26-18(21-22-23-26)17(15-9-7-8-10-16(15)20)25-13-11-24(6-2)12-14-25/h7-10,17H,5-6,11-14H2,1-4H3/t17-/m0/s1. The van der Waals surface area contributed by atoms with Crippen molar-refractivity contribution in [3.63, 3.8) is 0 Å². The van der Waals surface area contributed by atoms with Crippen LogP contribution in [0.15, 0.2) is 24.3 Å². The maximum atomic E-state index is 14.7. The van der Waals surface area contributed by atoms with Gasteiger partial charge in [-0.15, -0.1) is 5.10 Å². The molecule has 1 atom stereocenters. The van der Waals surface area contributed by atoms with Crippen molar-refractivity contribution in [3.05, 3.63) is 41.5 Å². The summed E-state index contributed by atoms with van der Waals surface area (Å²) in [6, 6.07) is 6.70. The Bertz CT molecular complexity index is 720. The van der Waals surface area contributed by atoms with E-state index in [1.165, 1.54) is 6.07 Å². The van der Waals surface area contributed by atoms with Gasteiger partial charge in [-0.25, -0.2) is 9.07 Å². The minimum atomic E-state index is -0.281. The maximum Gasteiger partial charge on any atom is 0.173 e. The summed E-state index contributed by atoms with van der Waals surface area (Å²) in [4.78, 5) is 4.71. The number of piperazine rings is 1. The van der Waals surface area contributed by atoms with Gasteiger partial charge in [-0.3, -0.25) is 4.90 Å². The third-order valence-electron chi connectivity index (χ3n) is 5.60. The molecule has 0 saturated carbocycles. The Morgan fingerprint density at radius 3 is 2.42 bits per heavy atom. The molecular formula is C19H29FN6. The summed E-state index contributed by atoms with van der Waals surface area (Å²) in [5.74, 6) is 0.506. The molecule has 1 saturated heterocycles. The van der Waals surface area contributed by atoms with Gasteiger partial charge in [0.05, 0.1) is 5.54 Å². The van der Waals surface area contributed by atoms with Crippen LogP contribution in [0, 0.1) is 5.82 Å². The molecule has 0 radical (unpaired) electrons. The fourth-order valence-corrected chi connectivity index (χ4v) is 3.48. The number of hydrogen-bond acceptors (Lipinski definition) is 5. The van der Waals surface area contributed by atoms with Gasteiger partial charge in [0.1, 0.15) is 11.9 Å². The van der Waals surface area contributed by atoms with Gasteiger partial charge in [0.2, 0.25) is 0 Å². The van der Waals surface area contributed by atoms with Gasteiger partial charge in [-0.1, -0.05) is 32.0 Å². The third kappa shape index (κ3) is 3.64. The molecule has 0 amide bonds. The molecule has 2 heterocycles. The number of halogens is 1. The molecule has 6 nitrogen and oxygen atoms in total. The van der Waals surface area contributed by atoms with Gasteiger partial charge in [0.25, 0.3) is 0 Å². The molecule has 0 unspecified atom stereocenters. The van der Waals surface area contributed by atoms with Gasteiger partial charge in [-0.05, 0) is 43.3 Å². The minimum Gasteiger partial charge on any atom is -0.301 e. The zero-order valence-corrected chi connectivity index (χ0v) is 16.2. The van der Waals surface area contributed by atoms with Crippen LogP contribution in [0.5, 0.6) is 0 Å². The number of tetrazole rings is 1. The van der Waals surface area contributed by atoms with E-state index in [1.807, 2.05) is 16.8 Å². The minimum absolute atomic E-state index is 0.209. The van der Waals surface area contributed by atoms with Gasteiger partial charge < -0.3 is 4.90 Å². The highest BCUT2D eigenvalue weighted by Crippen LogP contribution is 2.32. The first-order valence-corrected chi connectivity index (χ1v) is 9.47. The van der Waals surface area contributed by atoms with E-state index in [4.69, 9.17) is 0 Å². The first-order chi connectivity index (χ1) is 12.5. The summed E-state index contributed by atoms with van der Waals surface area (Å²) in [5.41, 5.74) is 0.411. The Balaban J connectivity index is 2.03. The number of rotatable bonds is 6. The number of nitrogens with zero attached hydrogens (tertiary/aromatic N) is 6. The molecule has 1 aliphatic heterocycles. The van der Waals surface area contributed by atoms with E-state index >= 15 is 0 Å². The van der Waals surface area contributed by atoms with Crippen molar-refractivity contribution in [1.29, 1.82) is 0 Å². The van der Waals surface area contributed by atoms with Crippen molar-refractivity contribution in [3.8, 4) is 0 Å². The third-order valence-corrected chi connectivity index (χ3v) is 5.60. The van der Waals surface area contributed by atoms with E-state index in [9.17, 15) is 4.39 Å². The van der Waals surface area contributed by atoms with Crippen LogP contribution < -0.4 is 0 Å². The van der Waals surface area contributed by atoms with Crippen molar-refractivity contribution >= 4 is 0 Å². The second-order valence-electron chi connectivity index (χ2n) is 7.51. The number of benzene rings is 1. The van der Waals surface area contributed by atoms with Crippen molar-refractivity contribution in [2.45, 2.75) is 45.7 Å². The molecule has 1 aromatic carbocycles. The van der Waals surface area contributed by atoms with E-state index < -0.39 is 0 Å². The van der Waals surface area contributed by atoms with E-state index in [2.05, 4.69) is 53.0 Å². The Hall–Kier alpha value is -1.86. The smallest absolute Gasteiger partial charge is 0.173 e. The average Bonchev–Trinajstić information content (AvgIpc) is 3.14. The van der Waals surface area contributed by atoms with Crippen LogP contribution in [-0.4, -0.2) is 62.7 Å². The number of aromatic nitrogens is 4. The molecule has 3 rings (SSSR count). The van der Waals surface area contributed by atoms with Crippen molar-refractivity contribution in [1.82, 2.24) is 30.0 Å². The van der Waals surface area contributed by atoms with Crippen LogP contribution in [0.1, 0.15) is 51.5 Å². The highest BCUT2D eigenvalue weighted by Gasteiger charge is 2.35. The predicted molar refractivity (Wildman–Crippen MR) is 99.4 cm³/mol. The molecule has 7 heteroatoms. The molecule has 1 aromatic heterocycles. The Kier molecular flexibility index (Phi) is 5.67. The molecular weight excluding hydrogens is 331 g/mol. The van der Waals surface area contributed by atoms with Crippen LogP contribution in [0.4, 0.5) is 4.39 Å². The van der Waals surface area contributed by atoms with Crippen molar-refractivity contribution < 1.29 is 4.39 Å². The molecule has 0 aliphatic carbocycles. The molecule has 0 spiro atoms. The first-order valence-electron chi connectivity index (χ1n) is 9.47. The second kappa shape index (κ2) is 7.80. The largest absolute Gasteiger partial charge is 0.301 e. The zero-order chi connectivity index (χ0) is 18.7. The van der Waals surface area contributed by atoms with Crippen LogP contribution >= 0.6 is 0 Å². The number of hydrogen-bond donors (Lipinski definition) is 0. The molecule has 26 heavy (non-hydrogen) atoms. The van der Waals surface area contributed by atoms with E-state index in [1.54, 1.807) is 6.07 Å². The van der Waals surface area contributed by atoms with E-state index in [-0.39, 0.29) is 17.4 Å². The van der Waals surface area contributed by atoms with Gasteiger partial charge in [0, 0.05) is 31.7 Å². The lowest BCUT2D eigenvalue weighted by molar-refractivity contribution is 0.104. The maximum absolute atomic E-state index is 14.7. The van der Waals surface area contributed by atoms with Gasteiger partial charge in [-0.2, -0.15) is 0 Å². The highest BCUT2D eigenvalue weighted by atomic mass is 19.1. The predicted octanol–water partition coefficient (Wildman–Crippen LogP) is 2.68. The number of likely N-dealkylation sites (N-methyl/N-ethyl adjacent to an activating group) is 1. The SMILES string of the molecule is CCN1CCN([C@@H](c2ccccc2F)c2nnnn2C(C)(C)CC)CC1. The lowest BCUT2D eigenvalue weighted by Crippen LogP contribution is -2.48. The molecule has 142 valence electrons. The van der Waals surface area contributed by atoms with Crippen LogP contribution in [0.2, 0.25) is 0 Å². The Labute approximate surface area is 155 Å². The lowest BCUT2D eigenvalue weighted by Gasteiger charge is -2.39. The fourth-order valence-electron chi connectivity index (χ4n) is 3.48.